The Labute approximate surface area is 74.7 Å². The summed E-state index contributed by atoms with van der Waals surface area (Å²) in [7, 11) is 0. The van der Waals surface area contributed by atoms with Crippen molar-refractivity contribution in [3.63, 3.8) is 0 Å². The molecule has 0 aromatic carbocycles. The first kappa shape index (κ1) is 9.60. The van der Waals surface area contributed by atoms with Crippen molar-refractivity contribution >= 4 is 5.91 Å². The third-order valence-corrected chi connectivity index (χ3v) is 1.28. The molecule has 0 spiro atoms. The van der Waals surface area contributed by atoms with E-state index in [0.717, 1.165) is 12.3 Å². The predicted molar refractivity (Wildman–Crippen MR) is 43.3 cm³/mol. The van der Waals surface area contributed by atoms with Crippen LogP contribution in [0.1, 0.15) is 17.3 Å². The predicted octanol–water partition coefficient (Wildman–Crippen LogP) is 0.902. The number of hydroxylamine groups is 1. The lowest BCUT2D eigenvalue weighted by Gasteiger charge is -2.02. The summed E-state index contributed by atoms with van der Waals surface area (Å²) in [6.45, 7) is 2.08. The number of carbonyl (C=O) groups is 1. The Hall–Kier alpha value is -1.49. The molecule has 5 heteroatoms. The van der Waals surface area contributed by atoms with Gasteiger partial charge >= 0.3 is 0 Å². The Morgan fingerprint density at radius 3 is 3.08 bits per heavy atom. The Morgan fingerprint density at radius 2 is 2.46 bits per heavy atom. The number of carbonyl (C=O) groups excluding carboxylic acids is 1. The van der Waals surface area contributed by atoms with Crippen LogP contribution in [0, 0.1) is 5.82 Å². The standard InChI is InChI=1S/C8H9FN2O2/c1-2-13-11-8(12)6-3-7(9)5-10-4-6/h3-5H,2H2,1H3,(H,11,12). The molecule has 0 atom stereocenters. The van der Waals surface area contributed by atoms with Gasteiger partial charge in [-0.2, -0.15) is 0 Å². The summed E-state index contributed by atoms with van der Waals surface area (Å²) in [5.74, 6) is -1.06. The molecule has 0 radical (unpaired) electrons. The topological polar surface area (TPSA) is 51.2 Å². The zero-order chi connectivity index (χ0) is 9.68. The average Bonchev–Trinajstić information content (AvgIpc) is 2.14. The van der Waals surface area contributed by atoms with Crippen LogP contribution in [0.4, 0.5) is 4.39 Å². The quantitative estimate of drug-likeness (QED) is 0.710. The van der Waals surface area contributed by atoms with E-state index in [2.05, 4.69) is 15.3 Å². The van der Waals surface area contributed by atoms with Gasteiger partial charge in [0.05, 0.1) is 18.4 Å². The minimum absolute atomic E-state index is 0.133. The van der Waals surface area contributed by atoms with E-state index in [1.54, 1.807) is 6.92 Å². The third-order valence-electron chi connectivity index (χ3n) is 1.28. The van der Waals surface area contributed by atoms with Crippen LogP contribution >= 0.6 is 0 Å². The number of nitrogens with zero attached hydrogens (tertiary/aromatic N) is 1. The number of halogens is 1. The molecule has 1 rings (SSSR count). The molecule has 0 bridgehead atoms. The Kier molecular flexibility index (Phi) is 3.33. The van der Waals surface area contributed by atoms with Crippen LogP contribution in [0.15, 0.2) is 18.5 Å². The van der Waals surface area contributed by atoms with Crippen molar-refractivity contribution in [3.8, 4) is 0 Å². The van der Waals surface area contributed by atoms with E-state index in [1.807, 2.05) is 0 Å². The number of aromatic nitrogens is 1. The van der Waals surface area contributed by atoms with Crippen molar-refractivity contribution < 1.29 is 14.0 Å². The van der Waals surface area contributed by atoms with Gasteiger partial charge in [-0.1, -0.05) is 0 Å². The number of rotatable bonds is 3. The van der Waals surface area contributed by atoms with Crippen molar-refractivity contribution in [2.45, 2.75) is 6.92 Å². The molecule has 0 saturated heterocycles. The van der Waals surface area contributed by atoms with Crippen LogP contribution < -0.4 is 5.48 Å². The molecule has 1 aromatic rings. The highest BCUT2D eigenvalue weighted by molar-refractivity contribution is 5.93. The second-order valence-electron chi connectivity index (χ2n) is 2.26. The number of hydrogen-bond donors (Lipinski definition) is 1. The summed E-state index contributed by atoms with van der Waals surface area (Å²) >= 11 is 0. The minimum atomic E-state index is -0.552. The van der Waals surface area contributed by atoms with Crippen LogP contribution in [0.25, 0.3) is 0 Å². The van der Waals surface area contributed by atoms with Gasteiger partial charge in [0.15, 0.2) is 0 Å². The van der Waals surface area contributed by atoms with Crippen molar-refractivity contribution in [2.75, 3.05) is 6.61 Å². The summed E-state index contributed by atoms with van der Waals surface area (Å²) < 4.78 is 12.6. The largest absolute Gasteiger partial charge is 0.276 e. The molecule has 1 N–H and O–H groups in total. The van der Waals surface area contributed by atoms with Crippen LogP contribution in [0.2, 0.25) is 0 Å². The molecule has 0 saturated carbocycles. The first-order valence-electron chi connectivity index (χ1n) is 3.76. The van der Waals surface area contributed by atoms with E-state index < -0.39 is 11.7 Å². The fourth-order valence-electron chi connectivity index (χ4n) is 0.733. The van der Waals surface area contributed by atoms with Crippen molar-refractivity contribution in [1.29, 1.82) is 0 Å². The lowest BCUT2D eigenvalue weighted by molar-refractivity contribution is 0.0364. The molecule has 1 heterocycles. The van der Waals surface area contributed by atoms with Crippen LogP contribution in [-0.2, 0) is 4.84 Å². The summed E-state index contributed by atoms with van der Waals surface area (Å²) in [4.78, 5) is 19.3. The van der Waals surface area contributed by atoms with E-state index in [9.17, 15) is 9.18 Å². The van der Waals surface area contributed by atoms with Gasteiger partial charge in [0.1, 0.15) is 5.82 Å². The summed E-state index contributed by atoms with van der Waals surface area (Å²) in [5.41, 5.74) is 2.26. The number of amides is 1. The molecule has 0 aliphatic heterocycles. The molecular formula is C8H9FN2O2. The lowest BCUT2D eigenvalue weighted by Crippen LogP contribution is -2.23. The van der Waals surface area contributed by atoms with Crippen molar-refractivity contribution in [1.82, 2.24) is 10.5 Å². The van der Waals surface area contributed by atoms with Gasteiger partial charge < -0.3 is 0 Å². The molecule has 0 aliphatic rings. The minimum Gasteiger partial charge on any atom is -0.274 e. The molecule has 1 aromatic heterocycles. The fourth-order valence-corrected chi connectivity index (χ4v) is 0.733. The molecule has 70 valence electrons. The van der Waals surface area contributed by atoms with Crippen LogP contribution in [-0.4, -0.2) is 17.5 Å². The fraction of sp³-hybridized carbons (Fsp3) is 0.250. The Morgan fingerprint density at radius 1 is 1.69 bits per heavy atom. The van der Waals surface area contributed by atoms with Gasteiger partial charge in [0.25, 0.3) is 5.91 Å². The van der Waals surface area contributed by atoms with Gasteiger partial charge in [-0.15, -0.1) is 0 Å². The highest BCUT2D eigenvalue weighted by Gasteiger charge is 2.05. The van der Waals surface area contributed by atoms with E-state index >= 15 is 0 Å². The van der Waals surface area contributed by atoms with E-state index in [0.29, 0.717) is 6.61 Å². The molecule has 4 nitrogen and oxygen atoms in total. The Bertz CT molecular complexity index is 304. The summed E-state index contributed by atoms with van der Waals surface area (Å²) in [6, 6.07) is 1.08. The third kappa shape index (κ3) is 2.79. The maximum absolute atomic E-state index is 12.6. The second-order valence-corrected chi connectivity index (χ2v) is 2.26. The molecule has 0 aliphatic carbocycles. The number of hydrogen-bond acceptors (Lipinski definition) is 3. The summed E-state index contributed by atoms with van der Waals surface area (Å²) in [5, 5.41) is 0. The number of pyridine rings is 1. The van der Waals surface area contributed by atoms with Gasteiger partial charge in [-0.3, -0.25) is 14.6 Å². The normalized spacial score (nSPS) is 9.69. The highest BCUT2D eigenvalue weighted by atomic mass is 19.1. The van der Waals surface area contributed by atoms with Gasteiger partial charge in [-0.25, -0.2) is 9.87 Å². The molecule has 0 fully saturated rings. The Balaban J connectivity index is 2.66. The smallest absolute Gasteiger partial charge is 0.274 e. The molecule has 0 unspecified atom stereocenters. The van der Waals surface area contributed by atoms with Crippen LogP contribution in [0.3, 0.4) is 0 Å². The van der Waals surface area contributed by atoms with Crippen LogP contribution in [0.5, 0.6) is 0 Å². The maximum atomic E-state index is 12.6. The first-order valence-corrected chi connectivity index (χ1v) is 3.76. The number of nitrogens with one attached hydrogen (secondary N) is 1. The molecular weight excluding hydrogens is 175 g/mol. The van der Waals surface area contributed by atoms with E-state index in [1.165, 1.54) is 6.20 Å². The van der Waals surface area contributed by atoms with Crippen molar-refractivity contribution in [3.05, 3.63) is 29.8 Å². The molecule has 13 heavy (non-hydrogen) atoms. The van der Waals surface area contributed by atoms with Gasteiger partial charge in [-0.05, 0) is 13.0 Å². The monoisotopic (exact) mass is 184 g/mol. The van der Waals surface area contributed by atoms with Gasteiger partial charge in [0.2, 0.25) is 0 Å². The van der Waals surface area contributed by atoms with Crippen molar-refractivity contribution in [2.24, 2.45) is 0 Å². The zero-order valence-corrected chi connectivity index (χ0v) is 7.08. The maximum Gasteiger partial charge on any atom is 0.276 e. The summed E-state index contributed by atoms with van der Waals surface area (Å²) in [6.07, 6.45) is 2.29. The van der Waals surface area contributed by atoms with Gasteiger partial charge in [0, 0.05) is 6.20 Å². The average molecular weight is 184 g/mol. The zero-order valence-electron chi connectivity index (χ0n) is 7.08. The lowest BCUT2D eigenvalue weighted by atomic mass is 10.3. The SMILES string of the molecule is CCONC(=O)c1cncc(F)c1. The van der Waals surface area contributed by atoms with E-state index in [4.69, 9.17) is 0 Å². The highest BCUT2D eigenvalue weighted by Crippen LogP contribution is 1.99. The second kappa shape index (κ2) is 4.51. The molecule has 1 amide bonds. The van der Waals surface area contributed by atoms with E-state index in [-0.39, 0.29) is 5.56 Å². The first-order chi connectivity index (χ1) is 6.24.